The topological polar surface area (TPSA) is 12.4 Å². The summed E-state index contributed by atoms with van der Waals surface area (Å²) in [6, 6.07) is 0. The average Bonchev–Trinajstić information content (AvgIpc) is 2.21. The first-order valence-electron chi connectivity index (χ1n) is 2.20. The second-order valence-electron chi connectivity index (χ2n) is 1.55. The SMILES string of the molecule is CN=C[C]1CC1. The number of hydrogen-bond acceptors (Lipinski definition) is 1. The van der Waals surface area contributed by atoms with Crippen molar-refractivity contribution in [2.24, 2.45) is 4.99 Å². The van der Waals surface area contributed by atoms with Gasteiger partial charge in [-0.1, -0.05) is 0 Å². The number of rotatable bonds is 1. The van der Waals surface area contributed by atoms with E-state index < -0.39 is 0 Å². The van der Waals surface area contributed by atoms with E-state index in [0.717, 1.165) is 0 Å². The molecule has 1 aliphatic carbocycles. The highest BCUT2D eigenvalue weighted by Gasteiger charge is 2.18. The summed E-state index contributed by atoms with van der Waals surface area (Å²) >= 11 is 0. The molecule has 1 fully saturated rings. The van der Waals surface area contributed by atoms with Crippen LogP contribution in [0, 0.1) is 5.92 Å². The van der Waals surface area contributed by atoms with Crippen molar-refractivity contribution in [3.8, 4) is 0 Å². The Morgan fingerprint density at radius 3 is 2.50 bits per heavy atom. The minimum absolute atomic E-state index is 1.29. The fourth-order valence-electron chi connectivity index (χ4n) is 0.384. The minimum atomic E-state index is 1.29. The molecule has 0 aromatic carbocycles. The summed E-state index contributed by atoms with van der Waals surface area (Å²) in [6.45, 7) is 0. The predicted molar refractivity (Wildman–Crippen MR) is 26.9 cm³/mol. The molecule has 6 heavy (non-hydrogen) atoms. The third-order valence-corrected chi connectivity index (χ3v) is 0.850. The van der Waals surface area contributed by atoms with Crippen LogP contribution in [0.4, 0.5) is 0 Å². The van der Waals surface area contributed by atoms with E-state index in [1.54, 1.807) is 0 Å². The quantitative estimate of drug-likeness (QED) is 0.419. The highest BCUT2D eigenvalue weighted by molar-refractivity contribution is 5.78. The molecule has 1 heteroatoms. The average molecular weight is 82.1 g/mol. The van der Waals surface area contributed by atoms with Crippen LogP contribution in [-0.2, 0) is 0 Å². The fraction of sp³-hybridized carbons (Fsp3) is 0.600. The molecular weight excluding hydrogens is 74.1 g/mol. The third-order valence-electron chi connectivity index (χ3n) is 0.850. The second-order valence-corrected chi connectivity index (χ2v) is 1.55. The van der Waals surface area contributed by atoms with Gasteiger partial charge < -0.3 is 4.99 Å². The zero-order valence-corrected chi connectivity index (χ0v) is 3.94. The van der Waals surface area contributed by atoms with E-state index in [1.807, 2.05) is 13.3 Å². The van der Waals surface area contributed by atoms with Gasteiger partial charge in [-0.05, 0) is 12.8 Å². The van der Waals surface area contributed by atoms with Gasteiger partial charge in [0.25, 0.3) is 0 Å². The largest absolute Gasteiger partial charge is 0.300 e. The van der Waals surface area contributed by atoms with Crippen LogP contribution in [0.5, 0.6) is 0 Å². The summed E-state index contributed by atoms with van der Waals surface area (Å²) in [4.78, 5) is 3.84. The first-order chi connectivity index (χ1) is 2.93. The standard InChI is InChI=1S/C5H8N/c1-6-4-5-2-3-5/h4H,2-3H2,1H3. The molecule has 1 nitrogen and oxygen atoms in total. The van der Waals surface area contributed by atoms with Crippen LogP contribution in [0.2, 0.25) is 0 Å². The van der Waals surface area contributed by atoms with Crippen molar-refractivity contribution in [3.05, 3.63) is 5.92 Å². The Bertz CT molecular complexity index is 62.3. The molecule has 1 aliphatic rings. The summed E-state index contributed by atoms with van der Waals surface area (Å²) in [5, 5.41) is 0. The van der Waals surface area contributed by atoms with Crippen molar-refractivity contribution in [1.29, 1.82) is 0 Å². The minimum Gasteiger partial charge on any atom is -0.300 e. The van der Waals surface area contributed by atoms with Gasteiger partial charge in [-0.15, -0.1) is 0 Å². The molecule has 1 saturated carbocycles. The zero-order chi connectivity index (χ0) is 4.41. The molecule has 0 aromatic heterocycles. The van der Waals surface area contributed by atoms with Gasteiger partial charge in [-0.25, -0.2) is 0 Å². The van der Waals surface area contributed by atoms with Crippen LogP contribution in [-0.4, -0.2) is 13.3 Å². The first-order valence-corrected chi connectivity index (χ1v) is 2.20. The lowest BCUT2D eigenvalue weighted by atomic mass is 10.5. The van der Waals surface area contributed by atoms with Crippen molar-refractivity contribution in [2.45, 2.75) is 12.8 Å². The fourth-order valence-corrected chi connectivity index (χ4v) is 0.384. The van der Waals surface area contributed by atoms with Gasteiger partial charge >= 0.3 is 0 Å². The van der Waals surface area contributed by atoms with Crippen molar-refractivity contribution >= 4 is 6.21 Å². The van der Waals surface area contributed by atoms with E-state index in [2.05, 4.69) is 4.99 Å². The maximum absolute atomic E-state index is 3.84. The summed E-state index contributed by atoms with van der Waals surface area (Å²) in [6.07, 6.45) is 4.52. The lowest BCUT2D eigenvalue weighted by Crippen LogP contribution is -1.67. The van der Waals surface area contributed by atoms with Crippen LogP contribution < -0.4 is 0 Å². The van der Waals surface area contributed by atoms with Crippen molar-refractivity contribution in [1.82, 2.24) is 0 Å². The summed E-state index contributed by atoms with van der Waals surface area (Å²) < 4.78 is 0. The normalized spacial score (nSPS) is 22.8. The van der Waals surface area contributed by atoms with Crippen molar-refractivity contribution < 1.29 is 0 Å². The molecule has 1 radical (unpaired) electrons. The summed E-state index contributed by atoms with van der Waals surface area (Å²) in [7, 11) is 1.81. The molecule has 0 spiro atoms. The smallest absolute Gasteiger partial charge is 0.0273 e. The van der Waals surface area contributed by atoms with Crippen LogP contribution in [0.25, 0.3) is 0 Å². The maximum atomic E-state index is 3.84. The van der Waals surface area contributed by atoms with Crippen LogP contribution in [0.3, 0.4) is 0 Å². The maximum Gasteiger partial charge on any atom is 0.0273 e. The molecule has 0 N–H and O–H groups in total. The molecule has 0 bridgehead atoms. The van der Waals surface area contributed by atoms with E-state index in [9.17, 15) is 0 Å². The number of hydrogen-bond donors (Lipinski definition) is 0. The third kappa shape index (κ3) is 0.814. The van der Waals surface area contributed by atoms with Crippen molar-refractivity contribution in [2.75, 3.05) is 7.05 Å². The Hall–Kier alpha value is -0.330. The lowest BCUT2D eigenvalue weighted by Gasteiger charge is -1.68. The van der Waals surface area contributed by atoms with Gasteiger partial charge in [0.05, 0.1) is 0 Å². The molecule has 33 valence electrons. The second kappa shape index (κ2) is 1.41. The Labute approximate surface area is 38.1 Å². The van der Waals surface area contributed by atoms with Gasteiger partial charge in [0.2, 0.25) is 0 Å². The van der Waals surface area contributed by atoms with E-state index in [4.69, 9.17) is 0 Å². The van der Waals surface area contributed by atoms with E-state index >= 15 is 0 Å². The van der Waals surface area contributed by atoms with Crippen LogP contribution in [0.1, 0.15) is 12.8 Å². The van der Waals surface area contributed by atoms with Gasteiger partial charge in [-0.3, -0.25) is 0 Å². The van der Waals surface area contributed by atoms with Crippen molar-refractivity contribution in [3.63, 3.8) is 0 Å². The Morgan fingerprint density at radius 1 is 1.67 bits per heavy atom. The lowest BCUT2D eigenvalue weighted by molar-refractivity contribution is 1.45. The monoisotopic (exact) mass is 82.1 g/mol. The van der Waals surface area contributed by atoms with E-state index in [0.29, 0.717) is 0 Å². The molecular formula is C5H8N. The molecule has 0 unspecified atom stereocenters. The zero-order valence-electron chi connectivity index (χ0n) is 3.94. The van der Waals surface area contributed by atoms with Gasteiger partial charge in [0.1, 0.15) is 0 Å². The van der Waals surface area contributed by atoms with Crippen LogP contribution in [0.15, 0.2) is 4.99 Å². The molecule has 0 atom stereocenters. The Balaban J connectivity index is 2.15. The predicted octanol–water partition coefficient (Wildman–Crippen LogP) is 1.06. The number of aliphatic imine (C=N–C) groups is 1. The van der Waals surface area contributed by atoms with Crippen LogP contribution >= 0.6 is 0 Å². The Morgan fingerprint density at radius 2 is 2.33 bits per heavy atom. The number of nitrogens with zero attached hydrogens (tertiary/aromatic N) is 1. The first kappa shape index (κ1) is 3.85. The molecule has 1 rings (SSSR count). The summed E-state index contributed by atoms with van der Waals surface area (Å²) in [5.74, 6) is 1.50. The molecule has 0 amide bonds. The van der Waals surface area contributed by atoms with E-state index in [-0.39, 0.29) is 0 Å². The molecule has 0 aliphatic heterocycles. The molecule has 0 saturated heterocycles. The van der Waals surface area contributed by atoms with Gasteiger partial charge in [-0.2, -0.15) is 0 Å². The van der Waals surface area contributed by atoms with E-state index in [1.165, 1.54) is 18.8 Å². The molecule has 0 heterocycles. The highest BCUT2D eigenvalue weighted by Crippen LogP contribution is 2.28. The highest BCUT2D eigenvalue weighted by atomic mass is 14.6. The Kier molecular flexibility index (Phi) is 0.906. The van der Waals surface area contributed by atoms with Gasteiger partial charge in [0.15, 0.2) is 0 Å². The van der Waals surface area contributed by atoms with Gasteiger partial charge in [0, 0.05) is 19.2 Å². The molecule has 0 aromatic rings. The summed E-state index contributed by atoms with van der Waals surface area (Å²) in [5.41, 5.74) is 0.